The molecule has 0 saturated carbocycles. The van der Waals surface area contributed by atoms with Crippen LogP contribution in [0.4, 0.5) is 5.69 Å². The molecule has 0 aromatic heterocycles. The Balaban J connectivity index is 2.56. The lowest BCUT2D eigenvalue weighted by Crippen LogP contribution is -2.46. The van der Waals surface area contributed by atoms with Crippen LogP contribution in [0.1, 0.15) is 12.5 Å². The summed E-state index contributed by atoms with van der Waals surface area (Å²) in [6.07, 6.45) is 2.91. The zero-order chi connectivity index (χ0) is 16.0. The summed E-state index contributed by atoms with van der Waals surface area (Å²) < 4.78 is 0. The topological polar surface area (TPSA) is 89.9 Å². The summed E-state index contributed by atoms with van der Waals surface area (Å²) in [5, 5.41) is 20.5. The highest BCUT2D eigenvalue weighted by atomic mass is 16.4. The molecular formula is C15H20N2O4. The molecule has 1 aromatic carbocycles. The van der Waals surface area contributed by atoms with Crippen molar-refractivity contribution in [3.8, 4) is 0 Å². The molecule has 1 atom stereocenters. The number of anilines is 1. The van der Waals surface area contributed by atoms with Crippen LogP contribution in [-0.2, 0) is 9.59 Å². The molecule has 1 aromatic rings. The van der Waals surface area contributed by atoms with Gasteiger partial charge in [0.15, 0.2) is 5.60 Å². The summed E-state index contributed by atoms with van der Waals surface area (Å²) in [5.41, 5.74) is -0.0773. The van der Waals surface area contributed by atoms with Gasteiger partial charge in [-0.25, -0.2) is 4.79 Å². The molecule has 21 heavy (non-hydrogen) atoms. The highest BCUT2D eigenvalue weighted by molar-refractivity contribution is 5.92. The van der Waals surface area contributed by atoms with Crippen molar-refractivity contribution in [1.82, 2.24) is 5.32 Å². The first kappa shape index (κ1) is 16.7. The maximum Gasteiger partial charge on any atom is 0.337 e. The molecule has 0 aliphatic heterocycles. The second-order valence-electron chi connectivity index (χ2n) is 5.12. The fourth-order valence-electron chi connectivity index (χ4n) is 1.45. The highest BCUT2D eigenvalue weighted by Gasteiger charge is 2.29. The molecule has 0 fully saturated rings. The highest BCUT2D eigenvalue weighted by Crippen LogP contribution is 2.13. The van der Waals surface area contributed by atoms with E-state index in [2.05, 4.69) is 5.32 Å². The molecule has 0 aliphatic carbocycles. The average Bonchev–Trinajstić information content (AvgIpc) is 2.43. The Bertz CT molecular complexity index is 533. The third kappa shape index (κ3) is 5.27. The van der Waals surface area contributed by atoms with Crippen molar-refractivity contribution in [3.05, 3.63) is 35.9 Å². The van der Waals surface area contributed by atoms with Crippen LogP contribution in [0.25, 0.3) is 6.08 Å². The lowest BCUT2D eigenvalue weighted by Gasteiger charge is -2.17. The summed E-state index contributed by atoms with van der Waals surface area (Å²) in [7, 11) is 3.87. The average molecular weight is 292 g/mol. The van der Waals surface area contributed by atoms with Crippen LogP contribution in [-0.4, -0.2) is 48.3 Å². The van der Waals surface area contributed by atoms with Crippen LogP contribution < -0.4 is 10.2 Å². The van der Waals surface area contributed by atoms with Gasteiger partial charge in [-0.2, -0.15) is 0 Å². The number of amides is 1. The van der Waals surface area contributed by atoms with Gasteiger partial charge in [0.05, 0.1) is 6.54 Å². The molecule has 0 radical (unpaired) electrons. The van der Waals surface area contributed by atoms with E-state index >= 15 is 0 Å². The van der Waals surface area contributed by atoms with Gasteiger partial charge in [-0.3, -0.25) is 4.79 Å². The van der Waals surface area contributed by atoms with Crippen LogP contribution in [0.2, 0.25) is 0 Å². The number of rotatable bonds is 6. The molecule has 6 nitrogen and oxygen atoms in total. The van der Waals surface area contributed by atoms with E-state index in [1.807, 2.05) is 43.3 Å². The first-order valence-electron chi connectivity index (χ1n) is 6.41. The molecule has 0 aliphatic rings. The van der Waals surface area contributed by atoms with E-state index < -0.39 is 17.5 Å². The maximum atomic E-state index is 11.6. The second-order valence-corrected chi connectivity index (χ2v) is 5.12. The van der Waals surface area contributed by atoms with Gasteiger partial charge in [-0.1, -0.05) is 12.1 Å². The Morgan fingerprint density at radius 1 is 1.29 bits per heavy atom. The van der Waals surface area contributed by atoms with Crippen molar-refractivity contribution >= 4 is 23.6 Å². The molecular weight excluding hydrogens is 272 g/mol. The number of carbonyl (C=O) groups is 2. The molecule has 1 rings (SSSR count). The number of hydrogen-bond donors (Lipinski definition) is 3. The maximum absolute atomic E-state index is 11.6. The molecule has 1 unspecified atom stereocenters. The molecule has 3 N–H and O–H groups in total. The number of nitrogens with zero attached hydrogens (tertiary/aromatic N) is 1. The molecule has 1 amide bonds. The first-order valence-corrected chi connectivity index (χ1v) is 6.41. The van der Waals surface area contributed by atoms with E-state index in [1.54, 1.807) is 6.08 Å². The third-order valence-corrected chi connectivity index (χ3v) is 2.90. The van der Waals surface area contributed by atoms with Crippen LogP contribution >= 0.6 is 0 Å². The fraction of sp³-hybridized carbons (Fsp3) is 0.333. The monoisotopic (exact) mass is 292 g/mol. The summed E-state index contributed by atoms with van der Waals surface area (Å²) >= 11 is 0. The standard InChI is InChI=1S/C15H20N2O4/c1-15(21,14(19)20)10-16-13(18)9-6-11-4-7-12(8-5-11)17(2)3/h4-9,21H,10H2,1-3H3,(H,16,18)(H,19,20). The lowest BCUT2D eigenvalue weighted by atomic mass is 10.1. The molecule has 6 heteroatoms. The second kappa shape index (κ2) is 6.90. The van der Waals surface area contributed by atoms with Gasteiger partial charge in [0.25, 0.3) is 0 Å². The number of hydrogen-bond acceptors (Lipinski definition) is 4. The zero-order valence-electron chi connectivity index (χ0n) is 12.3. The Morgan fingerprint density at radius 3 is 2.33 bits per heavy atom. The predicted octanol–water partition coefficient (Wildman–Crippen LogP) is 0.718. The Morgan fingerprint density at radius 2 is 1.86 bits per heavy atom. The minimum atomic E-state index is -1.98. The molecule has 0 saturated heterocycles. The molecule has 114 valence electrons. The van der Waals surface area contributed by atoms with Gasteiger partial charge >= 0.3 is 5.97 Å². The van der Waals surface area contributed by atoms with Crippen molar-refractivity contribution in [3.63, 3.8) is 0 Å². The molecule has 0 heterocycles. The van der Waals surface area contributed by atoms with Gasteiger partial charge in [0, 0.05) is 25.9 Å². The SMILES string of the molecule is CN(C)c1ccc(C=CC(=O)NCC(C)(O)C(=O)O)cc1. The summed E-state index contributed by atoms with van der Waals surface area (Å²) in [4.78, 5) is 24.2. The van der Waals surface area contributed by atoms with Gasteiger partial charge < -0.3 is 20.4 Å². The number of benzene rings is 1. The first-order chi connectivity index (χ1) is 9.72. The Kier molecular flexibility index (Phi) is 5.49. The van der Waals surface area contributed by atoms with Crippen LogP contribution in [0, 0.1) is 0 Å². The van der Waals surface area contributed by atoms with Crippen LogP contribution in [0.3, 0.4) is 0 Å². The van der Waals surface area contributed by atoms with E-state index in [4.69, 9.17) is 5.11 Å². The van der Waals surface area contributed by atoms with E-state index in [9.17, 15) is 14.7 Å². The number of carboxylic acids is 1. The van der Waals surface area contributed by atoms with Gasteiger partial charge in [0.2, 0.25) is 5.91 Å². The van der Waals surface area contributed by atoms with Crippen molar-refractivity contribution < 1.29 is 19.8 Å². The summed E-state index contributed by atoms with van der Waals surface area (Å²) in [6, 6.07) is 7.58. The summed E-state index contributed by atoms with van der Waals surface area (Å²) in [5.74, 6) is -1.85. The van der Waals surface area contributed by atoms with Crippen molar-refractivity contribution in [1.29, 1.82) is 0 Å². The van der Waals surface area contributed by atoms with Crippen LogP contribution in [0.5, 0.6) is 0 Å². The van der Waals surface area contributed by atoms with Gasteiger partial charge in [0.1, 0.15) is 0 Å². The smallest absolute Gasteiger partial charge is 0.337 e. The van der Waals surface area contributed by atoms with E-state index in [1.165, 1.54) is 6.08 Å². The normalized spacial score (nSPS) is 13.7. The third-order valence-electron chi connectivity index (χ3n) is 2.90. The Hall–Kier alpha value is -2.34. The predicted molar refractivity (Wildman–Crippen MR) is 81.1 cm³/mol. The van der Waals surface area contributed by atoms with E-state index in [0.29, 0.717) is 0 Å². The number of carbonyl (C=O) groups excluding carboxylic acids is 1. The molecule has 0 spiro atoms. The van der Waals surface area contributed by atoms with Crippen LogP contribution in [0.15, 0.2) is 30.3 Å². The quantitative estimate of drug-likeness (QED) is 0.672. The number of aliphatic hydroxyl groups is 1. The number of carboxylic acid groups (broad SMARTS) is 1. The largest absolute Gasteiger partial charge is 0.479 e. The van der Waals surface area contributed by atoms with Gasteiger partial charge in [-0.15, -0.1) is 0 Å². The minimum Gasteiger partial charge on any atom is -0.479 e. The molecule has 0 bridgehead atoms. The van der Waals surface area contributed by atoms with Crippen molar-refractivity contribution in [2.45, 2.75) is 12.5 Å². The zero-order valence-corrected chi connectivity index (χ0v) is 12.3. The fourth-order valence-corrected chi connectivity index (χ4v) is 1.45. The van der Waals surface area contributed by atoms with Crippen molar-refractivity contribution in [2.24, 2.45) is 0 Å². The Labute approximate surface area is 123 Å². The van der Waals surface area contributed by atoms with E-state index in [0.717, 1.165) is 18.2 Å². The summed E-state index contributed by atoms with van der Waals surface area (Å²) in [6.45, 7) is 0.768. The van der Waals surface area contributed by atoms with Crippen molar-refractivity contribution in [2.75, 3.05) is 25.5 Å². The minimum absolute atomic E-state index is 0.356. The van der Waals surface area contributed by atoms with E-state index in [-0.39, 0.29) is 6.54 Å². The number of aliphatic carboxylic acids is 1. The van der Waals surface area contributed by atoms with Gasteiger partial charge in [-0.05, 0) is 30.7 Å². The lowest BCUT2D eigenvalue weighted by molar-refractivity contribution is -0.156. The number of nitrogens with one attached hydrogen (secondary N) is 1.